The van der Waals surface area contributed by atoms with Crippen molar-refractivity contribution in [3.8, 4) is 34.7 Å². The Kier molecular flexibility index (Phi) is 9.96. The third-order valence-corrected chi connectivity index (χ3v) is 5.96. The number of nitrogens with one attached hydrogen (secondary N) is 1. The molecule has 4 rings (SSSR count). The summed E-state index contributed by atoms with van der Waals surface area (Å²) in [5.74, 6) is 1.42. The average molecular weight is 495 g/mol. The third kappa shape index (κ3) is 6.47. The summed E-state index contributed by atoms with van der Waals surface area (Å²) in [5.41, 5.74) is 4.48. The summed E-state index contributed by atoms with van der Waals surface area (Å²) in [7, 11) is 1.00. The molecule has 0 bridgehead atoms. The molecule has 4 N–H and O–H groups in total. The van der Waals surface area contributed by atoms with Crippen LogP contribution in [0.1, 0.15) is 55.8 Å². The molecule has 9 heteroatoms. The van der Waals surface area contributed by atoms with Crippen LogP contribution in [0.5, 0.6) is 5.75 Å². The Bertz CT molecular complexity index is 1170. The molecule has 1 aromatic heterocycles. The summed E-state index contributed by atoms with van der Waals surface area (Å²) in [5, 5.41) is 42.7. The molecule has 0 fully saturated rings. The van der Waals surface area contributed by atoms with Crippen LogP contribution in [0, 0.1) is 11.3 Å². The van der Waals surface area contributed by atoms with Crippen LogP contribution in [0.3, 0.4) is 0 Å². The van der Waals surface area contributed by atoms with E-state index in [9.17, 15) is 10.4 Å². The zero-order chi connectivity index (χ0) is 26.1. The standard InChI is InChI=1S/C26H30N4O4.CH4O/c1-16(2)33-24-11-8-17(13-18(24)14-27)26-29-25(30-34-26)22-7-3-6-21-20(22)9-10-23(21)28-12-4-5-19(32)15-31;1-2/h3,6-8,11,13,16,19,23,28,31-32H,4-5,9-10,12,15H2,1-2H3;2H,1H3. The van der Waals surface area contributed by atoms with Gasteiger partial charge in [0.1, 0.15) is 11.8 Å². The lowest BCUT2D eigenvalue weighted by molar-refractivity contribution is 0.0864. The number of aromatic nitrogens is 2. The molecule has 0 radical (unpaired) electrons. The average Bonchev–Trinajstić information content (AvgIpc) is 3.55. The van der Waals surface area contributed by atoms with Gasteiger partial charge < -0.3 is 29.9 Å². The molecule has 2 aromatic carbocycles. The summed E-state index contributed by atoms with van der Waals surface area (Å²) < 4.78 is 11.2. The Balaban J connectivity index is 0.00000176. The molecule has 1 aliphatic rings. The van der Waals surface area contributed by atoms with Crippen LogP contribution in [0.25, 0.3) is 22.8 Å². The quantitative estimate of drug-likeness (QED) is 0.312. The largest absolute Gasteiger partial charge is 0.490 e. The summed E-state index contributed by atoms with van der Waals surface area (Å²) >= 11 is 0. The van der Waals surface area contributed by atoms with Crippen LogP contribution in [0.4, 0.5) is 0 Å². The molecule has 2 unspecified atom stereocenters. The fourth-order valence-corrected chi connectivity index (χ4v) is 4.34. The van der Waals surface area contributed by atoms with Gasteiger partial charge >= 0.3 is 0 Å². The number of nitriles is 1. The van der Waals surface area contributed by atoms with Crippen molar-refractivity contribution in [1.82, 2.24) is 15.5 Å². The van der Waals surface area contributed by atoms with Gasteiger partial charge in [0.25, 0.3) is 5.89 Å². The minimum absolute atomic E-state index is 0.0291. The van der Waals surface area contributed by atoms with E-state index in [2.05, 4.69) is 27.6 Å². The molecule has 192 valence electrons. The van der Waals surface area contributed by atoms with Crippen molar-refractivity contribution in [3.05, 3.63) is 53.1 Å². The van der Waals surface area contributed by atoms with E-state index in [1.54, 1.807) is 12.1 Å². The Morgan fingerprint density at radius 2 is 2.06 bits per heavy atom. The molecule has 2 atom stereocenters. The molecule has 0 spiro atoms. The third-order valence-electron chi connectivity index (χ3n) is 5.96. The summed E-state index contributed by atoms with van der Waals surface area (Å²) in [6, 6.07) is 13.8. The van der Waals surface area contributed by atoms with Crippen LogP contribution in [-0.4, -0.2) is 57.9 Å². The SMILES string of the molecule is CC(C)Oc1ccc(-c2nc(-c3cccc4c3CCC4NCCCC(O)CO)no2)cc1C#N.CO. The zero-order valence-corrected chi connectivity index (χ0v) is 20.9. The topological polar surface area (TPSA) is 145 Å². The minimum atomic E-state index is -0.653. The fraction of sp³-hybridized carbons (Fsp3) is 0.444. The fourth-order valence-electron chi connectivity index (χ4n) is 4.34. The van der Waals surface area contributed by atoms with E-state index in [0.717, 1.165) is 38.5 Å². The maximum absolute atomic E-state index is 9.51. The number of nitrogens with zero attached hydrogens (tertiary/aromatic N) is 3. The molecule has 36 heavy (non-hydrogen) atoms. The molecular weight excluding hydrogens is 460 g/mol. The van der Waals surface area contributed by atoms with Gasteiger partial charge in [-0.25, -0.2) is 0 Å². The van der Waals surface area contributed by atoms with Crippen molar-refractivity contribution < 1.29 is 24.6 Å². The number of aliphatic hydroxyl groups excluding tert-OH is 3. The van der Waals surface area contributed by atoms with Crippen molar-refractivity contribution >= 4 is 0 Å². The monoisotopic (exact) mass is 494 g/mol. The summed E-state index contributed by atoms with van der Waals surface area (Å²) in [6.45, 7) is 4.41. The molecule has 1 heterocycles. The second-order valence-corrected chi connectivity index (χ2v) is 8.81. The van der Waals surface area contributed by atoms with E-state index in [1.165, 1.54) is 11.1 Å². The molecule has 0 saturated carbocycles. The van der Waals surface area contributed by atoms with Crippen LogP contribution in [0.2, 0.25) is 0 Å². The van der Waals surface area contributed by atoms with Crippen molar-refractivity contribution in [2.45, 2.75) is 57.8 Å². The molecule has 0 aliphatic heterocycles. The number of hydrogen-bond acceptors (Lipinski definition) is 9. The van der Waals surface area contributed by atoms with Gasteiger partial charge in [-0.15, -0.1) is 0 Å². The molecule has 3 aromatic rings. The second kappa shape index (κ2) is 13.1. The van der Waals surface area contributed by atoms with E-state index in [-0.39, 0.29) is 18.8 Å². The Morgan fingerprint density at radius 3 is 2.78 bits per heavy atom. The number of hydrogen-bond donors (Lipinski definition) is 4. The molecular formula is C27H34N4O5. The van der Waals surface area contributed by atoms with Gasteiger partial charge in [0.05, 0.1) is 24.4 Å². The first kappa shape index (κ1) is 27.3. The van der Waals surface area contributed by atoms with Gasteiger partial charge in [0.15, 0.2) is 0 Å². The maximum Gasteiger partial charge on any atom is 0.258 e. The highest BCUT2D eigenvalue weighted by Gasteiger charge is 2.26. The van der Waals surface area contributed by atoms with Gasteiger partial charge in [-0.2, -0.15) is 10.2 Å². The summed E-state index contributed by atoms with van der Waals surface area (Å²) in [4.78, 5) is 4.62. The highest BCUT2D eigenvalue weighted by molar-refractivity contribution is 5.67. The molecule has 1 aliphatic carbocycles. The Hall–Kier alpha value is -3.29. The number of aliphatic hydroxyl groups is 3. The first-order chi connectivity index (χ1) is 17.5. The first-order valence-corrected chi connectivity index (χ1v) is 12.1. The van der Waals surface area contributed by atoms with E-state index >= 15 is 0 Å². The number of fused-ring (bicyclic) bond motifs is 1. The number of ether oxygens (including phenoxy) is 1. The van der Waals surface area contributed by atoms with Crippen molar-refractivity contribution in [3.63, 3.8) is 0 Å². The van der Waals surface area contributed by atoms with Crippen molar-refractivity contribution in [2.24, 2.45) is 0 Å². The van der Waals surface area contributed by atoms with Crippen LogP contribution in [0.15, 0.2) is 40.9 Å². The van der Waals surface area contributed by atoms with Crippen molar-refractivity contribution in [1.29, 1.82) is 5.26 Å². The van der Waals surface area contributed by atoms with Gasteiger partial charge in [-0.3, -0.25) is 0 Å². The second-order valence-electron chi connectivity index (χ2n) is 8.81. The molecule has 0 saturated heterocycles. The normalized spacial score (nSPS) is 15.1. The Labute approximate surface area is 211 Å². The van der Waals surface area contributed by atoms with Gasteiger partial charge in [-0.05, 0) is 75.4 Å². The van der Waals surface area contributed by atoms with Crippen LogP contribution in [-0.2, 0) is 6.42 Å². The highest BCUT2D eigenvalue weighted by atomic mass is 16.5. The minimum Gasteiger partial charge on any atom is -0.490 e. The summed E-state index contributed by atoms with van der Waals surface area (Å²) in [6.07, 6.45) is 2.58. The highest BCUT2D eigenvalue weighted by Crippen LogP contribution is 2.37. The first-order valence-electron chi connectivity index (χ1n) is 12.1. The van der Waals surface area contributed by atoms with Gasteiger partial charge in [0.2, 0.25) is 5.82 Å². The Morgan fingerprint density at radius 1 is 1.25 bits per heavy atom. The predicted octanol–water partition coefficient (Wildman–Crippen LogP) is 3.38. The zero-order valence-electron chi connectivity index (χ0n) is 20.9. The van der Waals surface area contributed by atoms with E-state index in [4.69, 9.17) is 19.5 Å². The van der Waals surface area contributed by atoms with Gasteiger partial charge in [0, 0.05) is 24.3 Å². The number of rotatable bonds is 10. The smallest absolute Gasteiger partial charge is 0.258 e. The van der Waals surface area contributed by atoms with E-state index in [1.807, 2.05) is 32.0 Å². The lowest BCUT2D eigenvalue weighted by Gasteiger charge is -2.15. The van der Waals surface area contributed by atoms with Gasteiger partial charge in [-0.1, -0.05) is 23.4 Å². The van der Waals surface area contributed by atoms with Crippen LogP contribution >= 0.6 is 0 Å². The lowest BCUT2D eigenvalue weighted by atomic mass is 10.0. The van der Waals surface area contributed by atoms with E-state index in [0.29, 0.717) is 35.0 Å². The van der Waals surface area contributed by atoms with E-state index < -0.39 is 6.10 Å². The molecule has 9 nitrogen and oxygen atoms in total. The molecule has 0 amide bonds. The maximum atomic E-state index is 9.51. The van der Waals surface area contributed by atoms with Crippen LogP contribution < -0.4 is 10.1 Å². The predicted molar refractivity (Wildman–Crippen MR) is 135 cm³/mol. The van der Waals surface area contributed by atoms with Crippen molar-refractivity contribution in [2.75, 3.05) is 20.3 Å². The number of benzene rings is 2. The lowest BCUT2D eigenvalue weighted by Crippen LogP contribution is -2.22.